The lowest BCUT2D eigenvalue weighted by molar-refractivity contribution is 0.303. The van der Waals surface area contributed by atoms with E-state index in [1.165, 1.54) is 22.7 Å². The highest BCUT2D eigenvalue weighted by atomic mass is 32.1. The topological polar surface area (TPSA) is 34.1 Å². The fraction of sp³-hybridized carbons (Fsp3) is 0.400. The standard InChI is InChI=1S/C15H18N2OS/c1-2-14-17-12(10-19-14)9-18-13-7-3-5-11-6-4-8-16-15(11)13/h3,5,7,10,16H,2,4,6,8-9H2,1H3. The van der Waals surface area contributed by atoms with Crippen LogP contribution in [0.1, 0.15) is 29.6 Å². The van der Waals surface area contributed by atoms with Crippen molar-refractivity contribution < 1.29 is 4.74 Å². The maximum Gasteiger partial charge on any atom is 0.143 e. The molecule has 3 rings (SSSR count). The molecule has 0 bridgehead atoms. The summed E-state index contributed by atoms with van der Waals surface area (Å²) >= 11 is 1.71. The van der Waals surface area contributed by atoms with Crippen LogP contribution in [-0.2, 0) is 19.4 Å². The third-order valence-corrected chi connectivity index (χ3v) is 4.36. The third kappa shape index (κ3) is 2.73. The van der Waals surface area contributed by atoms with E-state index in [2.05, 4.69) is 34.7 Å². The fourth-order valence-corrected chi connectivity index (χ4v) is 3.06. The summed E-state index contributed by atoms with van der Waals surface area (Å²) in [4.78, 5) is 4.53. The molecule has 0 saturated carbocycles. The first-order valence-corrected chi connectivity index (χ1v) is 7.66. The number of thiazole rings is 1. The molecule has 100 valence electrons. The van der Waals surface area contributed by atoms with Crippen LogP contribution >= 0.6 is 11.3 Å². The van der Waals surface area contributed by atoms with Gasteiger partial charge in [0.15, 0.2) is 0 Å². The lowest BCUT2D eigenvalue weighted by Gasteiger charge is -2.20. The van der Waals surface area contributed by atoms with Gasteiger partial charge in [0.05, 0.1) is 16.4 Å². The summed E-state index contributed by atoms with van der Waals surface area (Å²) < 4.78 is 5.93. The molecule has 4 heteroatoms. The second-order valence-corrected chi connectivity index (χ2v) is 5.64. The van der Waals surface area contributed by atoms with Gasteiger partial charge >= 0.3 is 0 Å². The van der Waals surface area contributed by atoms with Crippen LogP contribution in [-0.4, -0.2) is 11.5 Å². The van der Waals surface area contributed by atoms with Crippen LogP contribution in [0.2, 0.25) is 0 Å². The first-order valence-electron chi connectivity index (χ1n) is 6.78. The van der Waals surface area contributed by atoms with E-state index in [1.807, 2.05) is 6.07 Å². The molecule has 0 aliphatic carbocycles. The number of fused-ring (bicyclic) bond motifs is 1. The first kappa shape index (κ1) is 12.5. The van der Waals surface area contributed by atoms with Gasteiger partial charge in [-0.1, -0.05) is 19.1 Å². The Hall–Kier alpha value is -1.55. The van der Waals surface area contributed by atoms with Crippen molar-refractivity contribution in [2.45, 2.75) is 32.8 Å². The van der Waals surface area contributed by atoms with Gasteiger partial charge in [-0.25, -0.2) is 4.98 Å². The van der Waals surface area contributed by atoms with Crippen LogP contribution in [0, 0.1) is 0 Å². The maximum atomic E-state index is 5.93. The van der Waals surface area contributed by atoms with Gasteiger partial charge in [0.1, 0.15) is 12.4 Å². The van der Waals surface area contributed by atoms with E-state index < -0.39 is 0 Å². The SMILES string of the molecule is CCc1nc(COc2cccc3c2NCCC3)cs1. The number of anilines is 1. The summed E-state index contributed by atoms with van der Waals surface area (Å²) in [5.74, 6) is 0.947. The van der Waals surface area contributed by atoms with E-state index in [1.54, 1.807) is 11.3 Å². The van der Waals surface area contributed by atoms with Crippen LogP contribution in [0.25, 0.3) is 0 Å². The minimum absolute atomic E-state index is 0.550. The Bertz CT molecular complexity index is 565. The number of ether oxygens (including phenoxy) is 1. The zero-order valence-electron chi connectivity index (χ0n) is 11.1. The maximum absolute atomic E-state index is 5.93. The normalized spacial score (nSPS) is 13.7. The summed E-state index contributed by atoms with van der Waals surface area (Å²) in [5, 5.41) is 6.70. The van der Waals surface area contributed by atoms with E-state index >= 15 is 0 Å². The third-order valence-electron chi connectivity index (χ3n) is 3.31. The lowest BCUT2D eigenvalue weighted by Crippen LogP contribution is -2.13. The number of aryl methyl sites for hydroxylation is 2. The Balaban J connectivity index is 1.73. The van der Waals surface area contributed by atoms with Crippen LogP contribution in [0.4, 0.5) is 5.69 Å². The smallest absolute Gasteiger partial charge is 0.143 e. The highest BCUT2D eigenvalue weighted by molar-refractivity contribution is 7.09. The van der Waals surface area contributed by atoms with E-state index in [0.717, 1.165) is 30.8 Å². The number of rotatable bonds is 4. The van der Waals surface area contributed by atoms with Crippen molar-refractivity contribution in [1.82, 2.24) is 4.98 Å². The van der Waals surface area contributed by atoms with E-state index in [4.69, 9.17) is 4.74 Å². The molecule has 0 saturated heterocycles. The first-order chi connectivity index (χ1) is 9.36. The predicted molar refractivity (Wildman–Crippen MR) is 79.1 cm³/mol. The second kappa shape index (κ2) is 5.61. The summed E-state index contributed by atoms with van der Waals surface area (Å²) in [5.41, 5.74) is 3.55. The number of nitrogens with one attached hydrogen (secondary N) is 1. The Morgan fingerprint density at radius 1 is 1.42 bits per heavy atom. The molecule has 0 fully saturated rings. The Morgan fingerprint density at radius 3 is 3.21 bits per heavy atom. The van der Waals surface area contributed by atoms with Gasteiger partial charge in [-0.05, 0) is 30.9 Å². The van der Waals surface area contributed by atoms with Gasteiger partial charge in [-0.15, -0.1) is 11.3 Å². The lowest BCUT2D eigenvalue weighted by atomic mass is 10.0. The van der Waals surface area contributed by atoms with E-state index in [0.29, 0.717) is 6.61 Å². The van der Waals surface area contributed by atoms with Crippen LogP contribution in [0.5, 0.6) is 5.75 Å². The molecule has 2 aromatic rings. The average Bonchev–Trinajstić information content (AvgIpc) is 2.93. The van der Waals surface area contributed by atoms with Crippen LogP contribution in [0.15, 0.2) is 23.6 Å². The van der Waals surface area contributed by atoms with Crippen molar-refractivity contribution in [3.63, 3.8) is 0 Å². The van der Waals surface area contributed by atoms with Crippen molar-refractivity contribution in [1.29, 1.82) is 0 Å². The van der Waals surface area contributed by atoms with Crippen molar-refractivity contribution >= 4 is 17.0 Å². The highest BCUT2D eigenvalue weighted by Crippen LogP contribution is 2.32. The Morgan fingerprint density at radius 2 is 2.37 bits per heavy atom. The molecule has 1 aliphatic heterocycles. The number of aromatic nitrogens is 1. The second-order valence-electron chi connectivity index (χ2n) is 4.70. The van der Waals surface area contributed by atoms with Crippen molar-refractivity contribution in [3.8, 4) is 5.75 Å². The molecule has 3 nitrogen and oxygen atoms in total. The summed E-state index contributed by atoms with van der Waals surface area (Å²) in [6.07, 6.45) is 3.32. The number of hydrogen-bond acceptors (Lipinski definition) is 4. The summed E-state index contributed by atoms with van der Waals surface area (Å²) in [6, 6.07) is 6.27. The van der Waals surface area contributed by atoms with Gasteiger partial charge in [-0.2, -0.15) is 0 Å². The van der Waals surface area contributed by atoms with Crippen LogP contribution in [0.3, 0.4) is 0 Å². The minimum atomic E-state index is 0.550. The molecule has 0 atom stereocenters. The molecule has 0 radical (unpaired) electrons. The molecule has 2 heterocycles. The Labute approximate surface area is 117 Å². The number of hydrogen-bond donors (Lipinski definition) is 1. The van der Waals surface area contributed by atoms with Gasteiger partial charge in [0.2, 0.25) is 0 Å². The number of nitrogens with zero attached hydrogens (tertiary/aromatic N) is 1. The summed E-state index contributed by atoms with van der Waals surface area (Å²) in [6.45, 7) is 3.71. The van der Waals surface area contributed by atoms with Crippen molar-refractivity contribution in [3.05, 3.63) is 39.8 Å². The van der Waals surface area contributed by atoms with Gasteiger partial charge in [-0.3, -0.25) is 0 Å². The van der Waals surface area contributed by atoms with Crippen molar-refractivity contribution in [2.75, 3.05) is 11.9 Å². The van der Waals surface area contributed by atoms with E-state index in [-0.39, 0.29) is 0 Å². The Kier molecular flexibility index (Phi) is 3.69. The summed E-state index contributed by atoms with van der Waals surface area (Å²) in [7, 11) is 0. The largest absolute Gasteiger partial charge is 0.485 e. The predicted octanol–water partition coefficient (Wildman–Crippen LogP) is 3.64. The van der Waals surface area contributed by atoms with Crippen molar-refractivity contribution in [2.24, 2.45) is 0 Å². The van der Waals surface area contributed by atoms with Gasteiger partial charge < -0.3 is 10.1 Å². The van der Waals surface area contributed by atoms with Gasteiger partial charge in [0, 0.05) is 11.9 Å². The zero-order chi connectivity index (χ0) is 13.1. The molecular formula is C15H18N2OS. The molecular weight excluding hydrogens is 256 g/mol. The number of benzene rings is 1. The highest BCUT2D eigenvalue weighted by Gasteiger charge is 2.13. The molecule has 1 aliphatic rings. The molecule has 0 spiro atoms. The quantitative estimate of drug-likeness (QED) is 0.924. The molecule has 1 aromatic carbocycles. The monoisotopic (exact) mass is 274 g/mol. The van der Waals surface area contributed by atoms with Crippen LogP contribution < -0.4 is 10.1 Å². The zero-order valence-corrected chi connectivity index (χ0v) is 11.9. The number of para-hydroxylation sites is 1. The molecule has 0 unspecified atom stereocenters. The van der Waals surface area contributed by atoms with Gasteiger partial charge in [0.25, 0.3) is 0 Å². The molecule has 1 aromatic heterocycles. The van der Waals surface area contributed by atoms with E-state index in [9.17, 15) is 0 Å². The average molecular weight is 274 g/mol. The molecule has 1 N–H and O–H groups in total. The fourth-order valence-electron chi connectivity index (χ4n) is 2.33. The minimum Gasteiger partial charge on any atom is -0.485 e. The molecule has 19 heavy (non-hydrogen) atoms. The molecule has 0 amide bonds.